The van der Waals surface area contributed by atoms with Crippen molar-refractivity contribution in [2.24, 2.45) is 0 Å². The minimum atomic E-state index is -0.168. The van der Waals surface area contributed by atoms with Gasteiger partial charge in [-0.25, -0.2) is 9.37 Å². The lowest BCUT2D eigenvalue weighted by Crippen LogP contribution is -2.22. The molecule has 2 aromatic rings. The molecule has 0 saturated carbocycles. The summed E-state index contributed by atoms with van der Waals surface area (Å²) < 4.78 is 14.3. The first kappa shape index (κ1) is 15.0. The topological polar surface area (TPSA) is 16.1 Å². The maximum atomic E-state index is 14.3. The molecule has 4 heteroatoms. The van der Waals surface area contributed by atoms with Gasteiger partial charge in [0.15, 0.2) is 0 Å². The standard InChI is InChI=1S/C16H21FN2S/c1-5-15-16(18-11(4)20-15)12-8-9-14(13(17)10-12)19(6-2)7-3/h8-10H,5-7H2,1-4H3. The molecule has 108 valence electrons. The number of aryl methyl sites for hydroxylation is 2. The van der Waals surface area contributed by atoms with E-state index in [1.165, 1.54) is 4.88 Å². The van der Waals surface area contributed by atoms with E-state index in [1.807, 2.05) is 37.8 Å². The lowest BCUT2D eigenvalue weighted by Gasteiger charge is -2.21. The van der Waals surface area contributed by atoms with Crippen LogP contribution in [0.5, 0.6) is 0 Å². The monoisotopic (exact) mass is 292 g/mol. The summed E-state index contributed by atoms with van der Waals surface area (Å²) in [4.78, 5) is 7.79. The van der Waals surface area contributed by atoms with Gasteiger partial charge in [0.25, 0.3) is 0 Å². The van der Waals surface area contributed by atoms with Gasteiger partial charge in [-0.1, -0.05) is 13.0 Å². The fraction of sp³-hybridized carbons (Fsp3) is 0.438. The molecule has 0 unspecified atom stereocenters. The van der Waals surface area contributed by atoms with E-state index in [1.54, 1.807) is 17.4 Å². The quantitative estimate of drug-likeness (QED) is 0.796. The Balaban J connectivity index is 2.42. The normalized spacial score (nSPS) is 10.8. The molecule has 2 nitrogen and oxygen atoms in total. The number of aromatic nitrogens is 1. The largest absolute Gasteiger partial charge is 0.370 e. The Bertz CT molecular complexity index is 588. The minimum absolute atomic E-state index is 0.168. The third-order valence-electron chi connectivity index (χ3n) is 3.45. The highest BCUT2D eigenvalue weighted by Gasteiger charge is 2.14. The van der Waals surface area contributed by atoms with E-state index < -0.39 is 0 Å². The highest BCUT2D eigenvalue weighted by Crippen LogP contribution is 2.31. The summed E-state index contributed by atoms with van der Waals surface area (Å²) in [5, 5.41) is 1.03. The van der Waals surface area contributed by atoms with Crippen molar-refractivity contribution in [1.29, 1.82) is 0 Å². The van der Waals surface area contributed by atoms with Crippen molar-refractivity contribution in [2.75, 3.05) is 18.0 Å². The lowest BCUT2D eigenvalue weighted by molar-refractivity contribution is 0.620. The number of thiazole rings is 1. The number of benzene rings is 1. The van der Waals surface area contributed by atoms with Crippen molar-refractivity contribution >= 4 is 17.0 Å². The molecule has 0 aliphatic heterocycles. The zero-order valence-electron chi connectivity index (χ0n) is 12.5. The van der Waals surface area contributed by atoms with E-state index in [0.717, 1.165) is 35.8 Å². The molecule has 1 heterocycles. The van der Waals surface area contributed by atoms with E-state index in [4.69, 9.17) is 0 Å². The van der Waals surface area contributed by atoms with Crippen LogP contribution in [-0.4, -0.2) is 18.1 Å². The van der Waals surface area contributed by atoms with Gasteiger partial charge in [-0.3, -0.25) is 0 Å². The lowest BCUT2D eigenvalue weighted by atomic mass is 10.1. The Labute approximate surface area is 124 Å². The second-order valence-electron chi connectivity index (χ2n) is 4.70. The van der Waals surface area contributed by atoms with E-state index in [2.05, 4.69) is 11.9 Å². The molecular weight excluding hydrogens is 271 g/mol. The summed E-state index contributed by atoms with van der Waals surface area (Å²) in [5.41, 5.74) is 2.48. The molecule has 2 rings (SSSR count). The molecule has 0 spiro atoms. The number of rotatable bonds is 5. The second kappa shape index (κ2) is 6.35. The number of halogens is 1. The molecular formula is C16H21FN2S. The van der Waals surface area contributed by atoms with Crippen LogP contribution in [0.3, 0.4) is 0 Å². The van der Waals surface area contributed by atoms with Gasteiger partial charge in [0.05, 0.1) is 16.4 Å². The highest BCUT2D eigenvalue weighted by atomic mass is 32.1. The second-order valence-corrected chi connectivity index (χ2v) is 5.98. The Morgan fingerprint density at radius 2 is 1.90 bits per heavy atom. The fourth-order valence-corrected chi connectivity index (χ4v) is 3.31. The van der Waals surface area contributed by atoms with Gasteiger partial charge in [-0.15, -0.1) is 11.3 Å². The van der Waals surface area contributed by atoms with Crippen molar-refractivity contribution < 1.29 is 4.39 Å². The third-order valence-corrected chi connectivity index (χ3v) is 4.57. The molecule has 0 radical (unpaired) electrons. The first-order chi connectivity index (χ1) is 9.60. The van der Waals surface area contributed by atoms with Crippen LogP contribution in [0.1, 0.15) is 30.7 Å². The molecule has 1 aromatic carbocycles. The summed E-state index contributed by atoms with van der Waals surface area (Å²) in [7, 11) is 0. The summed E-state index contributed by atoms with van der Waals surface area (Å²) in [6, 6.07) is 5.46. The molecule has 0 aliphatic rings. The van der Waals surface area contributed by atoms with Crippen LogP contribution < -0.4 is 4.90 Å². The third kappa shape index (κ3) is 2.85. The number of hydrogen-bond acceptors (Lipinski definition) is 3. The molecule has 0 aliphatic carbocycles. The Morgan fingerprint density at radius 3 is 2.45 bits per heavy atom. The van der Waals surface area contributed by atoms with Crippen LogP contribution in [0.4, 0.5) is 10.1 Å². The molecule has 0 N–H and O–H groups in total. The predicted octanol–water partition coefficient (Wildman–Crippen LogP) is 4.67. The fourth-order valence-electron chi connectivity index (χ4n) is 2.41. The smallest absolute Gasteiger partial charge is 0.147 e. The zero-order chi connectivity index (χ0) is 14.7. The van der Waals surface area contributed by atoms with Gasteiger partial charge in [0, 0.05) is 23.5 Å². The molecule has 0 atom stereocenters. The number of hydrogen-bond donors (Lipinski definition) is 0. The van der Waals surface area contributed by atoms with E-state index in [0.29, 0.717) is 5.69 Å². The van der Waals surface area contributed by atoms with Gasteiger partial charge >= 0.3 is 0 Å². The molecule has 0 fully saturated rings. The predicted molar refractivity (Wildman–Crippen MR) is 85.2 cm³/mol. The first-order valence-electron chi connectivity index (χ1n) is 7.11. The van der Waals surface area contributed by atoms with Crippen molar-refractivity contribution in [3.8, 4) is 11.3 Å². The van der Waals surface area contributed by atoms with Crippen molar-refractivity contribution in [2.45, 2.75) is 34.1 Å². The van der Waals surface area contributed by atoms with Crippen molar-refractivity contribution in [1.82, 2.24) is 4.98 Å². The summed E-state index contributed by atoms with van der Waals surface area (Å²) in [6.07, 6.45) is 0.931. The van der Waals surface area contributed by atoms with Crippen LogP contribution in [0, 0.1) is 12.7 Å². The summed E-state index contributed by atoms with van der Waals surface area (Å²) in [5.74, 6) is -0.168. The van der Waals surface area contributed by atoms with Gasteiger partial charge in [0.2, 0.25) is 0 Å². The van der Waals surface area contributed by atoms with Gasteiger partial charge in [0.1, 0.15) is 5.82 Å². The van der Waals surface area contributed by atoms with Gasteiger partial charge < -0.3 is 4.90 Å². The molecule has 0 saturated heterocycles. The number of anilines is 1. The van der Waals surface area contributed by atoms with E-state index in [-0.39, 0.29) is 5.82 Å². The maximum Gasteiger partial charge on any atom is 0.147 e. The average molecular weight is 292 g/mol. The Kier molecular flexibility index (Phi) is 4.76. The maximum absolute atomic E-state index is 14.3. The molecule has 0 bridgehead atoms. The number of nitrogens with zero attached hydrogens (tertiary/aromatic N) is 2. The van der Waals surface area contributed by atoms with Gasteiger partial charge in [-0.2, -0.15) is 0 Å². The average Bonchev–Trinajstić information content (AvgIpc) is 2.83. The first-order valence-corrected chi connectivity index (χ1v) is 7.93. The van der Waals surface area contributed by atoms with E-state index >= 15 is 0 Å². The minimum Gasteiger partial charge on any atom is -0.370 e. The zero-order valence-corrected chi connectivity index (χ0v) is 13.4. The van der Waals surface area contributed by atoms with Crippen molar-refractivity contribution in [3.05, 3.63) is 33.9 Å². The van der Waals surface area contributed by atoms with Crippen LogP contribution in [-0.2, 0) is 6.42 Å². The van der Waals surface area contributed by atoms with Gasteiger partial charge in [-0.05, 0) is 39.3 Å². The van der Waals surface area contributed by atoms with Crippen molar-refractivity contribution in [3.63, 3.8) is 0 Å². The van der Waals surface area contributed by atoms with E-state index in [9.17, 15) is 4.39 Å². The highest BCUT2D eigenvalue weighted by molar-refractivity contribution is 7.12. The molecule has 20 heavy (non-hydrogen) atoms. The van der Waals surface area contributed by atoms with Crippen LogP contribution in [0.15, 0.2) is 18.2 Å². The van der Waals surface area contributed by atoms with Crippen LogP contribution in [0.2, 0.25) is 0 Å². The van der Waals surface area contributed by atoms with Crippen LogP contribution >= 0.6 is 11.3 Å². The molecule has 0 amide bonds. The summed E-state index contributed by atoms with van der Waals surface area (Å²) in [6.45, 7) is 9.79. The SMILES string of the molecule is CCc1sc(C)nc1-c1ccc(N(CC)CC)c(F)c1. The Hall–Kier alpha value is -1.42. The summed E-state index contributed by atoms with van der Waals surface area (Å²) >= 11 is 1.69. The molecule has 1 aromatic heterocycles. The van der Waals surface area contributed by atoms with Crippen LogP contribution in [0.25, 0.3) is 11.3 Å². The Morgan fingerprint density at radius 1 is 1.20 bits per heavy atom.